The quantitative estimate of drug-likeness (QED) is 0.837. The number of amides is 1. The van der Waals surface area contributed by atoms with E-state index in [4.69, 9.17) is 4.74 Å². The normalized spacial score (nSPS) is 18.8. The molecule has 1 aromatic carbocycles. The molecule has 0 aliphatic carbocycles. The summed E-state index contributed by atoms with van der Waals surface area (Å²) in [7, 11) is 0. The van der Waals surface area contributed by atoms with Gasteiger partial charge in [-0.1, -0.05) is 18.2 Å². The van der Waals surface area contributed by atoms with Crippen molar-refractivity contribution in [2.75, 3.05) is 18.5 Å². The van der Waals surface area contributed by atoms with Crippen LogP contribution in [0.15, 0.2) is 24.3 Å². The standard InChI is InChI=1S/C14H20N2O2/c1-2-18-10-11-6-3-4-7-12(11)16-14(17)13-8-5-9-15-13/h3-4,6-7,13,15H,2,5,8-10H2,1H3,(H,16,17)/t13-/m0/s1. The fourth-order valence-electron chi connectivity index (χ4n) is 2.11. The summed E-state index contributed by atoms with van der Waals surface area (Å²) in [6.45, 7) is 4.10. The van der Waals surface area contributed by atoms with E-state index >= 15 is 0 Å². The van der Waals surface area contributed by atoms with Crippen molar-refractivity contribution in [1.82, 2.24) is 5.32 Å². The molecule has 0 aromatic heterocycles. The molecule has 1 amide bonds. The topological polar surface area (TPSA) is 50.4 Å². The highest BCUT2D eigenvalue weighted by Gasteiger charge is 2.22. The van der Waals surface area contributed by atoms with Gasteiger partial charge in [-0.05, 0) is 32.4 Å². The van der Waals surface area contributed by atoms with Crippen molar-refractivity contribution in [1.29, 1.82) is 0 Å². The third-order valence-corrected chi connectivity index (χ3v) is 3.11. The molecule has 0 spiro atoms. The number of rotatable bonds is 5. The van der Waals surface area contributed by atoms with Crippen LogP contribution < -0.4 is 10.6 Å². The molecule has 1 atom stereocenters. The Kier molecular flexibility index (Phi) is 4.73. The molecule has 1 aliphatic rings. The van der Waals surface area contributed by atoms with E-state index in [9.17, 15) is 4.79 Å². The second-order valence-electron chi connectivity index (χ2n) is 4.43. The van der Waals surface area contributed by atoms with Gasteiger partial charge in [0.1, 0.15) is 0 Å². The molecule has 1 heterocycles. The Hall–Kier alpha value is -1.39. The number of benzene rings is 1. The highest BCUT2D eigenvalue weighted by molar-refractivity contribution is 5.95. The van der Waals surface area contributed by atoms with E-state index in [1.807, 2.05) is 31.2 Å². The van der Waals surface area contributed by atoms with E-state index in [-0.39, 0.29) is 11.9 Å². The van der Waals surface area contributed by atoms with Crippen molar-refractivity contribution in [3.8, 4) is 0 Å². The summed E-state index contributed by atoms with van der Waals surface area (Å²) in [5.74, 6) is 0.0523. The average molecular weight is 248 g/mol. The van der Waals surface area contributed by atoms with Crippen LogP contribution in [0, 0.1) is 0 Å². The lowest BCUT2D eigenvalue weighted by Crippen LogP contribution is -2.35. The molecule has 1 fully saturated rings. The minimum atomic E-state index is -0.0508. The lowest BCUT2D eigenvalue weighted by atomic mass is 10.1. The van der Waals surface area contributed by atoms with Crippen molar-refractivity contribution in [3.05, 3.63) is 29.8 Å². The zero-order valence-corrected chi connectivity index (χ0v) is 10.7. The Morgan fingerprint density at radius 2 is 2.33 bits per heavy atom. The molecule has 18 heavy (non-hydrogen) atoms. The van der Waals surface area contributed by atoms with Crippen molar-refractivity contribution >= 4 is 11.6 Å². The zero-order chi connectivity index (χ0) is 12.8. The van der Waals surface area contributed by atoms with Crippen LogP contribution in [0.1, 0.15) is 25.3 Å². The summed E-state index contributed by atoms with van der Waals surface area (Å²) >= 11 is 0. The summed E-state index contributed by atoms with van der Waals surface area (Å²) < 4.78 is 5.40. The molecule has 4 nitrogen and oxygen atoms in total. The van der Waals surface area contributed by atoms with Crippen LogP contribution in [0.25, 0.3) is 0 Å². The van der Waals surface area contributed by atoms with Crippen LogP contribution in [0.4, 0.5) is 5.69 Å². The predicted molar refractivity (Wildman–Crippen MR) is 71.4 cm³/mol. The minimum Gasteiger partial charge on any atom is -0.377 e. The molecule has 1 aliphatic heterocycles. The minimum absolute atomic E-state index is 0.0508. The Bertz CT molecular complexity index is 401. The molecular formula is C14H20N2O2. The Labute approximate surface area is 108 Å². The summed E-state index contributed by atoms with van der Waals surface area (Å²) in [6, 6.07) is 7.73. The van der Waals surface area contributed by atoms with Crippen LogP contribution in [0.5, 0.6) is 0 Å². The summed E-state index contributed by atoms with van der Waals surface area (Å²) in [5, 5.41) is 6.18. The van der Waals surface area contributed by atoms with Gasteiger partial charge in [0.05, 0.1) is 12.6 Å². The molecular weight excluding hydrogens is 228 g/mol. The number of nitrogens with one attached hydrogen (secondary N) is 2. The van der Waals surface area contributed by atoms with Crippen LogP contribution in [0.2, 0.25) is 0 Å². The first kappa shape index (κ1) is 13.1. The van der Waals surface area contributed by atoms with Crippen LogP contribution in [-0.2, 0) is 16.1 Å². The molecule has 1 saturated heterocycles. The smallest absolute Gasteiger partial charge is 0.241 e. The Morgan fingerprint density at radius 3 is 3.06 bits per heavy atom. The molecule has 0 saturated carbocycles. The van der Waals surface area contributed by atoms with Crippen LogP contribution in [0.3, 0.4) is 0 Å². The third-order valence-electron chi connectivity index (χ3n) is 3.11. The number of hydrogen-bond acceptors (Lipinski definition) is 3. The molecule has 0 bridgehead atoms. The lowest BCUT2D eigenvalue weighted by molar-refractivity contribution is -0.117. The molecule has 1 aromatic rings. The highest BCUT2D eigenvalue weighted by atomic mass is 16.5. The van der Waals surface area contributed by atoms with E-state index in [1.54, 1.807) is 0 Å². The first-order valence-corrected chi connectivity index (χ1v) is 6.51. The van der Waals surface area contributed by atoms with Crippen molar-refractivity contribution in [3.63, 3.8) is 0 Å². The van der Waals surface area contributed by atoms with Gasteiger partial charge in [0.15, 0.2) is 0 Å². The molecule has 98 valence electrons. The first-order valence-electron chi connectivity index (χ1n) is 6.51. The maximum absolute atomic E-state index is 12.0. The fraction of sp³-hybridized carbons (Fsp3) is 0.500. The summed E-state index contributed by atoms with van der Waals surface area (Å²) in [4.78, 5) is 12.0. The molecule has 0 radical (unpaired) electrons. The first-order chi connectivity index (χ1) is 8.81. The largest absolute Gasteiger partial charge is 0.377 e. The lowest BCUT2D eigenvalue weighted by Gasteiger charge is -2.14. The van der Waals surface area contributed by atoms with Gasteiger partial charge in [0.2, 0.25) is 5.91 Å². The monoisotopic (exact) mass is 248 g/mol. The number of anilines is 1. The van der Waals surface area contributed by atoms with Gasteiger partial charge in [-0.2, -0.15) is 0 Å². The molecule has 2 N–H and O–H groups in total. The molecule has 2 rings (SSSR count). The van der Waals surface area contributed by atoms with Crippen LogP contribution >= 0.6 is 0 Å². The number of carbonyl (C=O) groups is 1. The summed E-state index contributed by atoms with van der Waals surface area (Å²) in [6.07, 6.45) is 1.98. The van der Waals surface area contributed by atoms with E-state index in [0.29, 0.717) is 13.2 Å². The third kappa shape index (κ3) is 3.31. The predicted octanol–water partition coefficient (Wildman–Crippen LogP) is 1.91. The molecule has 0 unspecified atom stereocenters. The Balaban J connectivity index is 2.00. The second kappa shape index (κ2) is 6.52. The van der Waals surface area contributed by atoms with Gasteiger partial charge >= 0.3 is 0 Å². The maximum Gasteiger partial charge on any atom is 0.241 e. The fourth-order valence-corrected chi connectivity index (χ4v) is 2.11. The zero-order valence-electron chi connectivity index (χ0n) is 10.7. The van der Waals surface area contributed by atoms with Gasteiger partial charge < -0.3 is 15.4 Å². The van der Waals surface area contributed by atoms with Gasteiger partial charge in [-0.15, -0.1) is 0 Å². The molecule has 4 heteroatoms. The van der Waals surface area contributed by atoms with Crippen LogP contribution in [-0.4, -0.2) is 25.1 Å². The van der Waals surface area contributed by atoms with Crippen molar-refractivity contribution in [2.24, 2.45) is 0 Å². The number of carbonyl (C=O) groups excluding carboxylic acids is 1. The van der Waals surface area contributed by atoms with E-state index in [2.05, 4.69) is 10.6 Å². The van der Waals surface area contributed by atoms with Gasteiger partial charge in [-0.25, -0.2) is 0 Å². The highest BCUT2D eigenvalue weighted by Crippen LogP contribution is 2.17. The SMILES string of the molecule is CCOCc1ccccc1NC(=O)[C@@H]1CCCN1. The Morgan fingerprint density at radius 1 is 1.50 bits per heavy atom. The number of hydrogen-bond donors (Lipinski definition) is 2. The van der Waals surface area contributed by atoms with Crippen molar-refractivity contribution in [2.45, 2.75) is 32.4 Å². The number of para-hydroxylation sites is 1. The maximum atomic E-state index is 12.0. The van der Waals surface area contributed by atoms with Crippen molar-refractivity contribution < 1.29 is 9.53 Å². The number of ether oxygens (including phenoxy) is 1. The second-order valence-corrected chi connectivity index (χ2v) is 4.43. The van der Waals surface area contributed by atoms with E-state index < -0.39 is 0 Å². The van der Waals surface area contributed by atoms with E-state index in [1.165, 1.54) is 0 Å². The van der Waals surface area contributed by atoms with E-state index in [0.717, 1.165) is 30.6 Å². The summed E-state index contributed by atoms with van der Waals surface area (Å²) in [5.41, 5.74) is 1.87. The van der Waals surface area contributed by atoms with Gasteiger partial charge in [0, 0.05) is 17.9 Å². The van der Waals surface area contributed by atoms with Gasteiger partial charge in [0.25, 0.3) is 0 Å². The average Bonchev–Trinajstić information content (AvgIpc) is 2.91. The van der Waals surface area contributed by atoms with Gasteiger partial charge in [-0.3, -0.25) is 4.79 Å².